The maximum Gasteiger partial charge on any atom is 0.191 e. The molecule has 0 radical (unpaired) electrons. The third kappa shape index (κ3) is 3.93. The molecule has 1 aliphatic carbocycles. The summed E-state index contributed by atoms with van der Waals surface area (Å²) in [5.74, 6) is 1.72. The predicted molar refractivity (Wildman–Crippen MR) is 92.3 cm³/mol. The van der Waals surface area contributed by atoms with Crippen LogP contribution in [0.5, 0.6) is 0 Å². The van der Waals surface area contributed by atoms with Crippen molar-refractivity contribution in [2.24, 2.45) is 10.9 Å². The molecule has 1 saturated carbocycles. The van der Waals surface area contributed by atoms with Crippen molar-refractivity contribution >= 4 is 5.96 Å². The van der Waals surface area contributed by atoms with E-state index in [9.17, 15) is 0 Å². The minimum atomic E-state index is 0.541. The molecule has 0 bridgehead atoms. The van der Waals surface area contributed by atoms with E-state index in [-0.39, 0.29) is 0 Å². The molecule has 3 fully saturated rings. The molecule has 2 aliphatic heterocycles. The van der Waals surface area contributed by atoms with Crippen molar-refractivity contribution in [2.45, 2.75) is 57.7 Å². The minimum Gasteiger partial charge on any atom is -0.357 e. The van der Waals surface area contributed by atoms with E-state index in [1.54, 1.807) is 0 Å². The van der Waals surface area contributed by atoms with Crippen LogP contribution in [0.1, 0.15) is 39.5 Å². The van der Waals surface area contributed by atoms with E-state index in [4.69, 9.17) is 4.99 Å². The van der Waals surface area contributed by atoms with Crippen molar-refractivity contribution in [3.05, 3.63) is 0 Å². The Balaban J connectivity index is 1.53. The van der Waals surface area contributed by atoms with Gasteiger partial charge in [-0.25, -0.2) is 0 Å². The molecule has 0 amide bonds. The zero-order valence-electron chi connectivity index (χ0n) is 14.5. The van der Waals surface area contributed by atoms with Crippen molar-refractivity contribution < 1.29 is 0 Å². The van der Waals surface area contributed by atoms with Crippen LogP contribution in [0.3, 0.4) is 0 Å². The number of hydrogen-bond acceptors (Lipinski definition) is 3. The summed E-state index contributed by atoms with van der Waals surface area (Å²) in [6.07, 6.45) is 5.41. The highest BCUT2D eigenvalue weighted by Gasteiger charge is 2.38. The molecule has 22 heavy (non-hydrogen) atoms. The van der Waals surface area contributed by atoms with Crippen LogP contribution in [0.2, 0.25) is 0 Å². The van der Waals surface area contributed by atoms with Crippen molar-refractivity contribution in [1.29, 1.82) is 0 Å². The molecular formula is C17H33N5. The van der Waals surface area contributed by atoms with Gasteiger partial charge in [0.1, 0.15) is 0 Å². The first kappa shape index (κ1) is 16.1. The van der Waals surface area contributed by atoms with Crippen LogP contribution in [0, 0.1) is 5.92 Å². The van der Waals surface area contributed by atoms with E-state index in [1.165, 1.54) is 45.3 Å². The molecule has 0 aromatic heterocycles. The molecule has 5 heteroatoms. The second kappa shape index (κ2) is 7.18. The highest BCUT2D eigenvalue weighted by Crippen LogP contribution is 2.31. The van der Waals surface area contributed by atoms with Crippen LogP contribution < -0.4 is 10.6 Å². The van der Waals surface area contributed by atoms with E-state index in [2.05, 4.69) is 41.3 Å². The SMILES string of the molecule is CCNC(=NCC1CCCN1C)NC1CN(C2CC2)CC1C. The molecule has 3 rings (SSSR count). The van der Waals surface area contributed by atoms with Crippen LogP contribution >= 0.6 is 0 Å². The normalized spacial score (nSPS) is 34.3. The molecule has 0 aromatic rings. The van der Waals surface area contributed by atoms with Gasteiger partial charge in [0, 0.05) is 37.8 Å². The van der Waals surface area contributed by atoms with Crippen molar-refractivity contribution in [3.8, 4) is 0 Å². The predicted octanol–water partition coefficient (Wildman–Crippen LogP) is 1.12. The van der Waals surface area contributed by atoms with Crippen molar-refractivity contribution in [3.63, 3.8) is 0 Å². The molecule has 5 nitrogen and oxygen atoms in total. The molecule has 2 saturated heterocycles. The van der Waals surface area contributed by atoms with Gasteiger partial charge in [-0.3, -0.25) is 9.89 Å². The fraction of sp³-hybridized carbons (Fsp3) is 0.941. The molecule has 2 N–H and O–H groups in total. The summed E-state index contributed by atoms with van der Waals surface area (Å²) < 4.78 is 0. The zero-order chi connectivity index (χ0) is 15.5. The number of nitrogens with one attached hydrogen (secondary N) is 2. The van der Waals surface area contributed by atoms with Gasteiger partial charge in [-0.1, -0.05) is 6.92 Å². The average Bonchev–Trinajstić information content (AvgIpc) is 3.17. The van der Waals surface area contributed by atoms with Crippen LogP contribution in [-0.2, 0) is 0 Å². The lowest BCUT2D eigenvalue weighted by atomic mass is 10.1. The Bertz CT molecular complexity index is 393. The Hall–Kier alpha value is -0.810. The van der Waals surface area contributed by atoms with Gasteiger partial charge in [-0.15, -0.1) is 0 Å². The first-order valence-corrected chi connectivity index (χ1v) is 9.16. The quantitative estimate of drug-likeness (QED) is 0.590. The lowest BCUT2D eigenvalue weighted by Gasteiger charge is -2.22. The van der Waals surface area contributed by atoms with Gasteiger partial charge in [0.25, 0.3) is 0 Å². The number of nitrogens with zero attached hydrogens (tertiary/aromatic N) is 3. The maximum atomic E-state index is 4.86. The first-order chi connectivity index (χ1) is 10.7. The standard InChI is InChI=1S/C17H33N5/c1-4-18-17(19-10-15-6-5-9-21(15)3)20-16-12-22(11-13(16)2)14-7-8-14/h13-16H,4-12H2,1-3H3,(H2,18,19,20). The summed E-state index contributed by atoms with van der Waals surface area (Å²) in [5.41, 5.74) is 0. The Labute approximate surface area is 135 Å². The Kier molecular flexibility index (Phi) is 5.24. The van der Waals surface area contributed by atoms with Gasteiger partial charge in [-0.2, -0.15) is 0 Å². The molecule has 126 valence electrons. The van der Waals surface area contributed by atoms with E-state index in [0.29, 0.717) is 18.0 Å². The number of aliphatic imine (C=N–C) groups is 1. The second-order valence-electron chi connectivity index (χ2n) is 7.41. The minimum absolute atomic E-state index is 0.541. The maximum absolute atomic E-state index is 4.86. The highest BCUT2D eigenvalue weighted by molar-refractivity contribution is 5.80. The number of likely N-dealkylation sites (N-methyl/N-ethyl adjacent to an activating group) is 1. The largest absolute Gasteiger partial charge is 0.357 e. The van der Waals surface area contributed by atoms with Crippen molar-refractivity contribution in [2.75, 3.05) is 39.8 Å². The number of hydrogen-bond donors (Lipinski definition) is 2. The van der Waals surface area contributed by atoms with Crippen LogP contribution in [0.25, 0.3) is 0 Å². The molecule has 3 unspecified atom stereocenters. The Morgan fingerprint density at radius 2 is 2.05 bits per heavy atom. The topological polar surface area (TPSA) is 42.9 Å². The summed E-state index contributed by atoms with van der Waals surface area (Å²) in [7, 11) is 2.22. The van der Waals surface area contributed by atoms with Gasteiger partial charge >= 0.3 is 0 Å². The molecule has 3 aliphatic rings. The molecule has 0 aromatic carbocycles. The number of likely N-dealkylation sites (tertiary alicyclic amines) is 2. The van der Waals surface area contributed by atoms with Crippen LogP contribution in [0.4, 0.5) is 0 Å². The molecule has 0 spiro atoms. The van der Waals surface area contributed by atoms with E-state index in [0.717, 1.165) is 25.1 Å². The smallest absolute Gasteiger partial charge is 0.191 e. The molecule has 2 heterocycles. The third-order valence-corrected chi connectivity index (χ3v) is 5.50. The Morgan fingerprint density at radius 3 is 2.68 bits per heavy atom. The molecular weight excluding hydrogens is 274 g/mol. The summed E-state index contributed by atoms with van der Waals surface area (Å²) >= 11 is 0. The summed E-state index contributed by atoms with van der Waals surface area (Å²) in [5, 5.41) is 7.13. The Morgan fingerprint density at radius 1 is 1.23 bits per heavy atom. The third-order valence-electron chi connectivity index (χ3n) is 5.50. The number of guanidine groups is 1. The lowest BCUT2D eigenvalue weighted by Crippen LogP contribution is -2.47. The van der Waals surface area contributed by atoms with E-state index in [1.807, 2.05) is 0 Å². The van der Waals surface area contributed by atoms with Crippen LogP contribution in [0.15, 0.2) is 4.99 Å². The zero-order valence-corrected chi connectivity index (χ0v) is 14.5. The summed E-state index contributed by atoms with van der Waals surface area (Å²) in [6, 6.07) is 2.04. The summed E-state index contributed by atoms with van der Waals surface area (Å²) in [4.78, 5) is 9.97. The fourth-order valence-electron chi connectivity index (χ4n) is 3.83. The monoisotopic (exact) mass is 307 g/mol. The average molecular weight is 307 g/mol. The van der Waals surface area contributed by atoms with Gasteiger partial charge < -0.3 is 15.5 Å². The van der Waals surface area contributed by atoms with Gasteiger partial charge in [0.2, 0.25) is 0 Å². The summed E-state index contributed by atoms with van der Waals surface area (Å²) in [6.45, 7) is 10.0. The van der Waals surface area contributed by atoms with Gasteiger partial charge in [0.15, 0.2) is 5.96 Å². The number of rotatable bonds is 5. The second-order valence-corrected chi connectivity index (χ2v) is 7.41. The fourth-order valence-corrected chi connectivity index (χ4v) is 3.83. The van der Waals surface area contributed by atoms with Crippen LogP contribution in [-0.4, -0.2) is 73.7 Å². The van der Waals surface area contributed by atoms with Gasteiger partial charge in [0.05, 0.1) is 6.54 Å². The van der Waals surface area contributed by atoms with Gasteiger partial charge in [-0.05, 0) is 52.1 Å². The lowest BCUT2D eigenvalue weighted by molar-refractivity contribution is 0.314. The van der Waals surface area contributed by atoms with E-state index >= 15 is 0 Å². The highest BCUT2D eigenvalue weighted by atomic mass is 15.3. The first-order valence-electron chi connectivity index (χ1n) is 9.16. The van der Waals surface area contributed by atoms with Crippen molar-refractivity contribution in [1.82, 2.24) is 20.4 Å². The molecule has 3 atom stereocenters. The van der Waals surface area contributed by atoms with E-state index < -0.39 is 0 Å².